The predicted octanol–water partition coefficient (Wildman–Crippen LogP) is 6.32. The van der Waals surface area contributed by atoms with Crippen molar-refractivity contribution in [1.29, 1.82) is 0 Å². The van der Waals surface area contributed by atoms with Gasteiger partial charge in [-0.2, -0.15) is 0 Å². The summed E-state index contributed by atoms with van der Waals surface area (Å²) in [5.74, 6) is -0.0213. The number of hydrogen-bond donors (Lipinski definition) is 1. The molecule has 0 bridgehead atoms. The Balaban J connectivity index is 2.38. The van der Waals surface area contributed by atoms with Crippen LogP contribution in [-0.4, -0.2) is 45.8 Å². The normalized spacial score (nSPS) is 15.9. The van der Waals surface area contributed by atoms with Gasteiger partial charge in [-0.1, -0.05) is 116 Å². The van der Waals surface area contributed by atoms with Gasteiger partial charge in [-0.3, -0.25) is 4.79 Å². The molecule has 0 aliphatic rings. The van der Waals surface area contributed by atoms with Crippen molar-refractivity contribution in [2.45, 2.75) is 110 Å². The topological polar surface area (TPSA) is 55.8 Å². The van der Waals surface area contributed by atoms with Gasteiger partial charge in [-0.05, 0) is 46.4 Å². The lowest BCUT2D eigenvalue weighted by Gasteiger charge is -2.45. The first-order chi connectivity index (χ1) is 16.9. The molecule has 0 radical (unpaired) electrons. The average Bonchev–Trinajstić information content (AvgIpc) is 2.80. The number of Topliss-reactive ketones (excluding diaryl/α,β-unsaturated/α-hetero) is 1. The van der Waals surface area contributed by atoms with E-state index in [0.717, 1.165) is 10.4 Å². The molecule has 0 aliphatic carbocycles. The molecule has 0 heterocycles. The van der Waals surface area contributed by atoms with Gasteiger partial charge in [0, 0.05) is 6.42 Å². The third-order valence-corrected chi connectivity index (χ3v) is 17.5. The number of hydrogen-bond acceptors (Lipinski definition) is 4. The van der Waals surface area contributed by atoms with Crippen molar-refractivity contribution >= 4 is 32.8 Å². The molecular weight excluding hydrogens is 493 g/mol. The Morgan fingerprint density at radius 2 is 1.22 bits per heavy atom. The molecule has 3 atom stereocenters. The third-order valence-electron chi connectivity index (χ3n) is 7.88. The Hall–Kier alpha value is -1.58. The second-order valence-corrected chi connectivity index (χ2v) is 22.3. The molecule has 2 aromatic carbocycles. The van der Waals surface area contributed by atoms with Crippen LogP contribution in [-0.2, 0) is 13.6 Å². The van der Waals surface area contributed by atoms with E-state index in [1.54, 1.807) is 0 Å². The molecule has 0 unspecified atom stereocenters. The van der Waals surface area contributed by atoms with Gasteiger partial charge in [0.15, 0.2) is 14.1 Å². The number of rotatable bonds is 11. The van der Waals surface area contributed by atoms with Crippen molar-refractivity contribution in [3.63, 3.8) is 0 Å². The lowest BCUT2D eigenvalue weighted by Crippen LogP contribution is -2.68. The van der Waals surface area contributed by atoms with Crippen LogP contribution >= 0.6 is 0 Å². The van der Waals surface area contributed by atoms with Gasteiger partial charge in [0.25, 0.3) is 8.32 Å². The zero-order valence-electron chi connectivity index (χ0n) is 25.0. The Morgan fingerprint density at radius 3 is 1.57 bits per heavy atom. The summed E-state index contributed by atoms with van der Waals surface area (Å²) < 4.78 is 13.6. The molecule has 1 N–H and O–H groups in total. The molecule has 2 rings (SSSR count). The lowest BCUT2D eigenvalue weighted by atomic mass is 9.98. The summed E-state index contributed by atoms with van der Waals surface area (Å²) in [6, 6.07) is 20.8. The number of aliphatic hydroxyl groups excluding tert-OH is 1. The number of carbonyl (C=O) groups excluding carboxylic acids is 1. The van der Waals surface area contributed by atoms with Crippen molar-refractivity contribution < 1.29 is 18.8 Å². The maximum atomic E-state index is 13.5. The highest BCUT2D eigenvalue weighted by atomic mass is 28.4. The molecule has 0 fully saturated rings. The zero-order chi connectivity index (χ0) is 28.2. The summed E-state index contributed by atoms with van der Waals surface area (Å²) in [6.45, 7) is 23.4. The van der Waals surface area contributed by atoms with E-state index in [9.17, 15) is 9.90 Å². The molecule has 206 valence electrons. The zero-order valence-corrected chi connectivity index (χ0v) is 27.0. The summed E-state index contributed by atoms with van der Waals surface area (Å²) in [4.78, 5) is 13.5. The molecule has 0 saturated carbocycles. The molecular formula is C31H50O4Si2. The SMILES string of the molecule is CC(C)[C@H](O[Si](C)(C)C(C)(C)C)C(=O)C[C@@H](O)[C@H](C)O[Si](c1ccccc1)(c1ccccc1)C(C)(C)C. The first-order valence-corrected chi connectivity index (χ1v) is 18.4. The lowest BCUT2D eigenvalue weighted by molar-refractivity contribution is -0.131. The average molecular weight is 543 g/mol. The van der Waals surface area contributed by atoms with E-state index in [0.29, 0.717) is 0 Å². The molecule has 0 spiro atoms. The van der Waals surface area contributed by atoms with E-state index in [-0.39, 0.29) is 28.2 Å². The number of ketones is 1. The van der Waals surface area contributed by atoms with Crippen molar-refractivity contribution in [2.24, 2.45) is 5.92 Å². The van der Waals surface area contributed by atoms with Crippen LogP contribution in [0, 0.1) is 5.92 Å². The van der Waals surface area contributed by atoms with Crippen LogP contribution in [0.3, 0.4) is 0 Å². The van der Waals surface area contributed by atoms with Crippen molar-refractivity contribution in [3.05, 3.63) is 60.7 Å². The predicted molar refractivity (Wildman–Crippen MR) is 161 cm³/mol. The highest BCUT2D eigenvalue weighted by Gasteiger charge is 2.51. The van der Waals surface area contributed by atoms with Gasteiger partial charge in [0.1, 0.15) is 6.10 Å². The van der Waals surface area contributed by atoms with Crippen LogP contribution in [0.15, 0.2) is 60.7 Å². The molecule has 6 heteroatoms. The molecule has 0 amide bonds. The fourth-order valence-corrected chi connectivity index (χ4v) is 10.7. The minimum absolute atomic E-state index is 0.00127. The Labute approximate surface area is 228 Å². The summed E-state index contributed by atoms with van der Waals surface area (Å²) in [5.41, 5.74) is 0. The highest BCUT2D eigenvalue weighted by Crippen LogP contribution is 2.39. The Kier molecular flexibility index (Phi) is 10.3. The van der Waals surface area contributed by atoms with E-state index < -0.39 is 34.9 Å². The van der Waals surface area contributed by atoms with Gasteiger partial charge in [0.05, 0.1) is 12.2 Å². The quantitative estimate of drug-likeness (QED) is 0.338. The monoisotopic (exact) mass is 542 g/mol. The summed E-state index contributed by atoms with van der Waals surface area (Å²) >= 11 is 0. The number of carbonyl (C=O) groups is 1. The van der Waals surface area contributed by atoms with Crippen LogP contribution in [0.5, 0.6) is 0 Å². The van der Waals surface area contributed by atoms with Gasteiger partial charge < -0.3 is 14.0 Å². The first-order valence-electron chi connectivity index (χ1n) is 13.6. The number of benzene rings is 2. The van der Waals surface area contributed by atoms with Gasteiger partial charge >= 0.3 is 0 Å². The summed E-state index contributed by atoms with van der Waals surface area (Å²) in [7, 11) is -4.98. The van der Waals surface area contributed by atoms with E-state index in [4.69, 9.17) is 8.85 Å². The smallest absolute Gasteiger partial charge is 0.261 e. The Bertz CT molecular complexity index is 952. The van der Waals surface area contributed by atoms with Crippen LogP contribution in [0.1, 0.15) is 68.7 Å². The van der Waals surface area contributed by atoms with Gasteiger partial charge in [-0.25, -0.2) is 0 Å². The second-order valence-electron chi connectivity index (χ2n) is 13.3. The minimum Gasteiger partial charge on any atom is -0.407 e. The second kappa shape index (κ2) is 12.1. The van der Waals surface area contributed by atoms with Crippen molar-refractivity contribution in [1.82, 2.24) is 0 Å². The maximum Gasteiger partial charge on any atom is 0.261 e. The van der Waals surface area contributed by atoms with E-state index in [1.165, 1.54) is 0 Å². The molecule has 0 aromatic heterocycles. The van der Waals surface area contributed by atoms with Gasteiger partial charge in [0.2, 0.25) is 0 Å². The first kappa shape index (κ1) is 31.6. The van der Waals surface area contributed by atoms with Crippen molar-refractivity contribution in [2.75, 3.05) is 0 Å². The standard InChI is InChI=1S/C31H50O4Si2/c1-23(2)29(35-36(10,11)30(4,5)6)28(33)22-27(32)24(3)34-37(31(7,8)9,25-18-14-12-15-19-25)26-20-16-13-17-21-26/h12-21,23-24,27,29,32H,22H2,1-11H3/t24-,27+,29-/m0/s1. The molecule has 0 aliphatic heterocycles. The van der Waals surface area contributed by atoms with Crippen LogP contribution < -0.4 is 10.4 Å². The fraction of sp³-hybridized carbons (Fsp3) is 0.581. The molecule has 4 nitrogen and oxygen atoms in total. The highest BCUT2D eigenvalue weighted by molar-refractivity contribution is 6.99. The van der Waals surface area contributed by atoms with E-state index >= 15 is 0 Å². The Morgan fingerprint density at radius 1 is 0.784 bits per heavy atom. The van der Waals surface area contributed by atoms with E-state index in [1.807, 2.05) is 57.2 Å². The van der Waals surface area contributed by atoms with Gasteiger partial charge in [-0.15, -0.1) is 0 Å². The summed E-state index contributed by atoms with van der Waals surface area (Å²) in [6.07, 6.45) is -1.98. The maximum absolute atomic E-state index is 13.5. The third kappa shape index (κ3) is 7.30. The molecule has 0 saturated heterocycles. The summed E-state index contributed by atoms with van der Waals surface area (Å²) in [5, 5.41) is 13.4. The van der Waals surface area contributed by atoms with Crippen molar-refractivity contribution in [3.8, 4) is 0 Å². The fourth-order valence-electron chi connectivity index (χ4n) is 4.60. The molecule has 37 heavy (non-hydrogen) atoms. The minimum atomic E-state index is -2.83. The van der Waals surface area contributed by atoms with Crippen LogP contribution in [0.2, 0.25) is 23.2 Å². The van der Waals surface area contributed by atoms with Crippen LogP contribution in [0.25, 0.3) is 0 Å². The molecule has 2 aromatic rings. The van der Waals surface area contributed by atoms with Crippen LogP contribution in [0.4, 0.5) is 0 Å². The largest absolute Gasteiger partial charge is 0.407 e. The van der Waals surface area contributed by atoms with E-state index in [2.05, 4.69) is 78.9 Å². The number of aliphatic hydroxyl groups is 1.